The number of carbonyl (C=O) groups excluding carboxylic acids is 1. The summed E-state index contributed by atoms with van der Waals surface area (Å²) in [5, 5.41) is 0. The third kappa shape index (κ3) is 3.73. The topological polar surface area (TPSA) is 35.9 Å². The number of carbonyl (C=O) groups is 1. The summed E-state index contributed by atoms with van der Waals surface area (Å²) in [5.74, 6) is 0. The number of fused-ring (bicyclic) bond motifs is 3. The highest BCUT2D eigenvalue weighted by atomic mass is 16.1. The number of nitrogens with one attached hydrogen (secondary N) is 1. The zero-order chi connectivity index (χ0) is 27.6. The Morgan fingerprint density at radius 2 is 1.33 bits per heavy atom. The Kier molecular flexibility index (Phi) is 5.95. The molecule has 3 nitrogen and oxygen atoms in total. The van der Waals surface area contributed by atoms with Crippen molar-refractivity contribution in [2.24, 2.45) is 0 Å². The van der Waals surface area contributed by atoms with Crippen molar-refractivity contribution in [3.63, 3.8) is 0 Å². The Balaban J connectivity index is 1.78. The second kappa shape index (κ2) is 9.23. The molecule has 0 unspecified atom stereocenters. The van der Waals surface area contributed by atoms with Crippen molar-refractivity contribution in [3.05, 3.63) is 123 Å². The molecule has 6 rings (SSSR count). The van der Waals surface area contributed by atoms with Gasteiger partial charge in [0.1, 0.15) is 0 Å². The maximum Gasteiger partial charge on any atom is 0.560 e. The molecular formula is C35H34BN2O+. The lowest BCUT2D eigenvalue weighted by molar-refractivity contribution is -0.314. The fourth-order valence-electron chi connectivity index (χ4n) is 7.01. The van der Waals surface area contributed by atoms with E-state index in [1.807, 2.05) is 0 Å². The van der Waals surface area contributed by atoms with Crippen molar-refractivity contribution in [3.8, 4) is 11.1 Å². The number of H-pyrrole nitrogens is 1. The van der Waals surface area contributed by atoms with Gasteiger partial charge in [-0.1, -0.05) is 66.2 Å². The van der Waals surface area contributed by atoms with Gasteiger partial charge in [-0.3, -0.25) is 9.28 Å². The molecule has 0 atom stereocenters. The minimum atomic E-state index is -0.0303. The van der Waals surface area contributed by atoms with Gasteiger partial charge in [0.05, 0.1) is 16.8 Å². The molecule has 0 radical (unpaired) electrons. The van der Waals surface area contributed by atoms with Crippen LogP contribution in [0.2, 0.25) is 0 Å². The van der Waals surface area contributed by atoms with Crippen LogP contribution in [-0.4, -0.2) is 28.3 Å². The first-order valence-electron chi connectivity index (χ1n) is 13.7. The van der Waals surface area contributed by atoms with E-state index in [0.29, 0.717) is 0 Å². The summed E-state index contributed by atoms with van der Waals surface area (Å²) in [6.45, 7) is 15.0. The van der Waals surface area contributed by atoms with E-state index in [0.717, 1.165) is 45.8 Å². The fourth-order valence-corrected chi connectivity index (χ4v) is 7.01. The minimum Gasteiger partial charge on any atom is -0.358 e. The maximum absolute atomic E-state index is 12.6. The number of hydrogen-bond donors (Lipinski definition) is 1. The zero-order valence-electron chi connectivity index (χ0n) is 23.9. The highest BCUT2D eigenvalue weighted by molar-refractivity contribution is 6.84. The van der Waals surface area contributed by atoms with E-state index in [4.69, 9.17) is 0 Å². The molecule has 2 aliphatic heterocycles. The van der Waals surface area contributed by atoms with Crippen molar-refractivity contribution >= 4 is 35.3 Å². The van der Waals surface area contributed by atoms with Gasteiger partial charge in [0, 0.05) is 29.1 Å². The van der Waals surface area contributed by atoms with E-state index >= 15 is 0 Å². The number of aromatic nitrogens is 1. The SMILES string of the molecule is CC1=C(C=O)C(C)=[N+](B2c3ccccc3-c3ccccc32)/C1=C(\c1[nH]c(C)cc1C)c1c(C)cc(C)cc1C. The molecule has 0 saturated heterocycles. The van der Waals surface area contributed by atoms with Crippen LogP contribution in [0.4, 0.5) is 0 Å². The molecule has 192 valence electrons. The van der Waals surface area contributed by atoms with Crippen LogP contribution in [0.25, 0.3) is 16.7 Å². The summed E-state index contributed by atoms with van der Waals surface area (Å²) < 4.78 is 2.44. The number of aryl methyl sites for hydroxylation is 5. The maximum atomic E-state index is 12.6. The van der Waals surface area contributed by atoms with Gasteiger partial charge in [-0.15, -0.1) is 0 Å². The first-order chi connectivity index (χ1) is 18.7. The summed E-state index contributed by atoms with van der Waals surface area (Å²) in [5.41, 5.74) is 18.5. The first-order valence-corrected chi connectivity index (χ1v) is 13.7. The van der Waals surface area contributed by atoms with Crippen molar-refractivity contribution in [1.29, 1.82) is 0 Å². The molecule has 0 amide bonds. The molecule has 0 spiro atoms. The molecule has 1 aromatic heterocycles. The summed E-state index contributed by atoms with van der Waals surface area (Å²) in [4.78, 5) is 16.3. The van der Waals surface area contributed by atoms with E-state index < -0.39 is 0 Å². The number of aromatic amines is 1. The standard InChI is InChI=1S/C35H33BN2O/c1-20-16-21(2)32(22(3)17-20)33(34-23(4)18-24(5)37-34)35-25(6)29(19-39)26(7)38(35)36-30-14-10-8-12-27(30)28-13-9-11-15-31(28)36/h8-19H,1-7H3/p+1. The van der Waals surface area contributed by atoms with Crippen LogP contribution in [0.15, 0.2) is 83.6 Å². The van der Waals surface area contributed by atoms with Crippen LogP contribution in [0.1, 0.15) is 53.1 Å². The van der Waals surface area contributed by atoms with Crippen molar-refractivity contribution in [2.45, 2.75) is 48.5 Å². The molecule has 0 saturated carbocycles. The van der Waals surface area contributed by atoms with Gasteiger partial charge in [-0.2, -0.15) is 0 Å². The molecule has 2 aliphatic rings. The lowest BCUT2D eigenvalue weighted by Gasteiger charge is -2.19. The van der Waals surface area contributed by atoms with Crippen LogP contribution < -0.4 is 10.9 Å². The fraction of sp³-hybridized carbons (Fsp3) is 0.200. The number of nitrogens with zero attached hydrogens (tertiary/aromatic N) is 1. The molecule has 0 aliphatic carbocycles. The monoisotopic (exact) mass is 509 g/mol. The Hall–Kier alpha value is -4.18. The lowest BCUT2D eigenvalue weighted by atomic mass is 9.52. The predicted molar refractivity (Wildman–Crippen MR) is 164 cm³/mol. The predicted octanol–water partition coefficient (Wildman–Crippen LogP) is 6.10. The molecule has 1 N–H and O–H groups in total. The molecule has 4 heteroatoms. The quantitative estimate of drug-likeness (QED) is 0.262. The van der Waals surface area contributed by atoms with Gasteiger partial charge in [-0.05, 0) is 81.0 Å². The Bertz CT molecular complexity index is 1730. The van der Waals surface area contributed by atoms with E-state index in [9.17, 15) is 4.79 Å². The average Bonchev–Trinajstić information content (AvgIpc) is 3.49. The normalized spacial score (nSPS) is 15.7. The van der Waals surface area contributed by atoms with Crippen molar-refractivity contribution < 1.29 is 9.28 Å². The largest absolute Gasteiger partial charge is 0.560 e. The Labute approximate surface area is 231 Å². The van der Waals surface area contributed by atoms with Gasteiger partial charge in [-0.25, -0.2) is 0 Å². The van der Waals surface area contributed by atoms with E-state index in [-0.39, 0.29) is 6.85 Å². The second-order valence-electron chi connectivity index (χ2n) is 11.2. The lowest BCUT2D eigenvalue weighted by Crippen LogP contribution is -2.49. The van der Waals surface area contributed by atoms with Crippen LogP contribution in [-0.2, 0) is 4.79 Å². The van der Waals surface area contributed by atoms with Crippen LogP contribution in [0.3, 0.4) is 0 Å². The Morgan fingerprint density at radius 1 is 0.769 bits per heavy atom. The zero-order valence-corrected chi connectivity index (χ0v) is 23.9. The van der Waals surface area contributed by atoms with Crippen molar-refractivity contribution in [1.82, 2.24) is 4.98 Å². The first kappa shape index (κ1) is 25.1. The summed E-state index contributed by atoms with van der Waals surface area (Å²) >= 11 is 0. The van der Waals surface area contributed by atoms with Gasteiger partial charge >= 0.3 is 6.85 Å². The van der Waals surface area contributed by atoms with Crippen LogP contribution in [0.5, 0.6) is 0 Å². The summed E-state index contributed by atoms with van der Waals surface area (Å²) in [6, 6.07) is 24.2. The molecule has 3 aromatic carbocycles. The number of benzene rings is 3. The van der Waals surface area contributed by atoms with Crippen LogP contribution in [0, 0.1) is 34.6 Å². The van der Waals surface area contributed by atoms with Gasteiger partial charge in [0.25, 0.3) is 0 Å². The van der Waals surface area contributed by atoms with Crippen LogP contribution >= 0.6 is 0 Å². The smallest absolute Gasteiger partial charge is 0.358 e. The molecule has 39 heavy (non-hydrogen) atoms. The third-order valence-corrected chi connectivity index (χ3v) is 8.49. The van der Waals surface area contributed by atoms with E-state index in [2.05, 4.69) is 125 Å². The molecule has 4 aromatic rings. The molecule has 0 fully saturated rings. The number of allylic oxidation sites excluding steroid dienone is 2. The van der Waals surface area contributed by atoms with Crippen molar-refractivity contribution in [2.75, 3.05) is 0 Å². The number of rotatable bonds is 4. The van der Waals surface area contributed by atoms with Gasteiger partial charge < -0.3 is 4.98 Å². The number of aldehydes is 1. The Morgan fingerprint density at radius 3 is 1.85 bits per heavy atom. The molecular weight excluding hydrogens is 475 g/mol. The van der Waals surface area contributed by atoms with Gasteiger partial charge in [0.15, 0.2) is 17.7 Å². The second-order valence-corrected chi connectivity index (χ2v) is 11.2. The van der Waals surface area contributed by atoms with Gasteiger partial charge in [0.2, 0.25) is 0 Å². The van der Waals surface area contributed by atoms with E-state index in [1.165, 1.54) is 49.9 Å². The highest BCUT2D eigenvalue weighted by Crippen LogP contribution is 2.40. The minimum absolute atomic E-state index is 0.0303. The third-order valence-electron chi connectivity index (χ3n) is 8.49. The summed E-state index contributed by atoms with van der Waals surface area (Å²) in [6.07, 6.45) is 1.04. The highest BCUT2D eigenvalue weighted by Gasteiger charge is 2.51. The molecule has 3 heterocycles. The molecule has 0 bridgehead atoms. The number of hydrogen-bond acceptors (Lipinski definition) is 1. The summed E-state index contributed by atoms with van der Waals surface area (Å²) in [7, 11) is 0. The average molecular weight is 509 g/mol. The van der Waals surface area contributed by atoms with E-state index in [1.54, 1.807) is 0 Å².